The normalized spacial score (nSPS) is 27.8. The van der Waals surface area contributed by atoms with Crippen molar-refractivity contribution in [1.82, 2.24) is 9.80 Å². The summed E-state index contributed by atoms with van der Waals surface area (Å²) in [5.74, 6) is -1.01. The summed E-state index contributed by atoms with van der Waals surface area (Å²) < 4.78 is 4.84. The van der Waals surface area contributed by atoms with Crippen LogP contribution in [0.4, 0.5) is 5.69 Å². The van der Waals surface area contributed by atoms with Gasteiger partial charge in [-0.25, -0.2) is 0 Å². The summed E-state index contributed by atoms with van der Waals surface area (Å²) in [6, 6.07) is 6.04. The summed E-state index contributed by atoms with van der Waals surface area (Å²) in [5.41, 5.74) is 0.209. The number of amides is 3. The maximum Gasteiger partial charge on any atom is 0.247 e. The number of aliphatic hydroxyl groups is 1. The first-order valence-electron chi connectivity index (χ1n) is 14.1. The van der Waals surface area contributed by atoms with Gasteiger partial charge in [0, 0.05) is 29.6 Å². The van der Waals surface area contributed by atoms with Gasteiger partial charge in [-0.2, -0.15) is 0 Å². The summed E-state index contributed by atoms with van der Waals surface area (Å²) in [5, 5.41) is 10.1. The lowest BCUT2D eigenvalue weighted by molar-refractivity contribution is -0.147. The Hall–Kier alpha value is -2.78. The van der Waals surface area contributed by atoms with Crippen molar-refractivity contribution < 1.29 is 24.2 Å². The molecule has 218 valence electrons. The van der Waals surface area contributed by atoms with Crippen molar-refractivity contribution in [3.05, 3.63) is 49.6 Å². The molecule has 4 rings (SSSR count). The third kappa shape index (κ3) is 4.96. The number of thioether (sulfide) groups is 1. The highest BCUT2D eigenvalue weighted by Crippen LogP contribution is 2.67. The SMILES string of the molecule is C=CCN(C(=O)[C@@H]1[C@@H]2CCC3(S2)C(C(=O)N(CC=C)C(C)(C)C)N([C@H](C)CO)C(=O)[C@H]13)c1ccc(OCC)cc1. The van der Waals surface area contributed by atoms with Crippen molar-refractivity contribution in [2.24, 2.45) is 11.8 Å². The molecule has 3 fully saturated rings. The molecule has 2 unspecified atom stereocenters. The van der Waals surface area contributed by atoms with E-state index in [0.29, 0.717) is 31.8 Å². The van der Waals surface area contributed by atoms with Gasteiger partial charge in [0.1, 0.15) is 11.8 Å². The average Bonchev–Trinajstić information content (AvgIpc) is 3.56. The second-order valence-electron chi connectivity index (χ2n) is 11.9. The molecule has 1 spiro atoms. The van der Waals surface area contributed by atoms with Gasteiger partial charge in [0.25, 0.3) is 0 Å². The number of rotatable bonds is 11. The first-order valence-corrected chi connectivity index (χ1v) is 15.0. The predicted molar refractivity (Wildman–Crippen MR) is 159 cm³/mol. The lowest BCUT2D eigenvalue weighted by Crippen LogP contribution is -2.60. The van der Waals surface area contributed by atoms with Crippen LogP contribution in [0.25, 0.3) is 0 Å². The highest BCUT2D eigenvalue weighted by Gasteiger charge is 2.74. The van der Waals surface area contributed by atoms with E-state index in [0.717, 1.165) is 12.2 Å². The van der Waals surface area contributed by atoms with Gasteiger partial charge < -0.3 is 24.5 Å². The fourth-order valence-electron chi connectivity index (χ4n) is 6.71. The highest BCUT2D eigenvalue weighted by molar-refractivity contribution is 8.02. The number of carbonyl (C=O) groups excluding carboxylic acids is 3. The van der Waals surface area contributed by atoms with Gasteiger partial charge in [0.05, 0.1) is 35.8 Å². The van der Waals surface area contributed by atoms with Gasteiger partial charge in [0.2, 0.25) is 17.7 Å². The third-order valence-electron chi connectivity index (χ3n) is 8.42. The molecule has 1 aromatic carbocycles. The van der Waals surface area contributed by atoms with Gasteiger partial charge >= 0.3 is 0 Å². The van der Waals surface area contributed by atoms with Crippen molar-refractivity contribution in [3.63, 3.8) is 0 Å². The first-order chi connectivity index (χ1) is 19.0. The van der Waals surface area contributed by atoms with E-state index >= 15 is 0 Å². The fraction of sp³-hybridized carbons (Fsp3) is 0.581. The van der Waals surface area contributed by atoms with Gasteiger partial charge in [-0.15, -0.1) is 24.9 Å². The lowest BCUT2D eigenvalue weighted by atomic mass is 9.70. The van der Waals surface area contributed by atoms with E-state index in [2.05, 4.69) is 13.2 Å². The molecule has 1 aromatic rings. The van der Waals surface area contributed by atoms with Crippen molar-refractivity contribution >= 4 is 35.2 Å². The second kappa shape index (κ2) is 11.6. The minimum atomic E-state index is -0.766. The number of ether oxygens (including phenoxy) is 1. The predicted octanol–water partition coefficient (Wildman–Crippen LogP) is 3.89. The molecule has 0 aromatic heterocycles. The highest BCUT2D eigenvalue weighted by atomic mass is 32.2. The molecule has 1 N–H and O–H groups in total. The Kier molecular flexibility index (Phi) is 8.76. The molecule has 0 aliphatic carbocycles. The van der Waals surface area contributed by atoms with E-state index in [1.165, 1.54) is 0 Å². The Bertz CT molecular complexity index is 1150. The molecular formula is C31H43N3O5S. The number of fused-ring (bicyclic) bond motifs is 1. The number of hydrogen-bond acceptors (Lipinski definition) is 6. The molecule has 8 nitrogen and oxygen atoms in total. The van der Waals surface area contributed by atoms with Crippen LogP contribution in [0.15, 0.2) is 49.6 Å². The zero-order chi connectivity index (χ0) is 29.4. The Morgan fingerprint density at radius 1 is 1.20 bits per heavy atom. The van der Waals surface area contributed by atoms with Crippen molar-refractivity contribution in [2.45, 2.75) is 75.1 Å². The number of hydrogen-bond donors (Lipinski definition) is 1. The number of likely N-dealkylation sites (tertiary alicyclic amines) is 1. The van der Waals surface area contributed by atoms with Crippen LogP contribution in [0.3, 0.4) is 0 Å². The van der Waals surface area contributed by atoms with Crippen LogP contribution in [0, 0.1) is 11.8 Å². The summed E-state index contributed by atoms with van der Waals surface area (Å²) in [7, 11) is 0. The molecule has 3 aliphatic rings. The van der Waals surface area contributed by atoms with E-state index in [9.17, 15) is 19.5 Å². The average molecular weight is 570 g/mol. The Labute approximate surface area is 242 Å². The van der Waals surface area contributed by atoms with Crippen LogP contribution in [-0.2, 0) is 14.4 Å². The van der Waals surface area contributed by atoms with Crippen LogP contribution >= 0.6 is 11.8 Å². The van der Waals surface area contributed by atoms with E-state index in [1.54, 1.807) is 45.5 Å². The number of anilines is 1. The standard InChI is InChI=1S/C31H43N3O5S/c1-8-17-32(21-11-13-22(14-12-21)39-10-3)27(36)24-23-15-16-31(40-23)25(24)28(37)34(20(4)19-35)26(31)29(38)33(18-9-2)30(5,6)7/h8-9,11-14,20,23-26,35H,1-2,10,15-19H2,3-7H3/t20-,23+,24-,25+,26?,31?/m1/s1. The lowest BCUT2D eigenvalue weighted by Gasteiger charge is -2.43. The second-order valence-corrected chi connectivity index (χ2v) is 13.5. The van der Waals surface area contributed by atoms with Gasteiger partial charge in [-0.1, -0.05) is 12.2 Å². The number of benzene rings is 1. The molecule has 3 aliphatic heterocycles. The molecule has 40 heavy (non-hydrogen) atoms. The first kappa shape index (κ1) is 30.2. The number of aliphatic hydroxyl groups excluding tert-OH is 1. The summed E-state index contributed by atoms with van der Waals surface area (Å²) in [6.45, 7) is 18.2. The molecule has 3 heterocycles. The van der Waals surface area contributed by atoms with Crippen LogP contribution in [0.1, 0.15) is 47.5 Å². The molecule has 9 heteroatoms. The zero-order valence-electron chi connectivity index (χ0n) is 24.3. The molecule has 0 saturated carbocycles. The van der Waals surface area contributed by atoms with Gasteiger partial charge in [0.15, 0.2) is 0 Å². The quantitative estimate of drug-likeness (QED) is 0.407. The topological polar surface area (TPSA) is 90.4 Å². The summed E-state index contributed by atoms with van der Waals surface area (Å²) >= 11 is 1.63. The minimum Gasteiger partial charge on any atom is -0.494 e. The number of carbonyl (C=O) groups is 3. The van der Waals surface area contributed by atoms with Crippen LogP contribution < -0.4 is 9.64 Å². The van der Waals surface area contributed by atoms with E-state index < -0.39 is 34.2 Å². The summed E-state index contributed by atoms with van der Waals surface area (Å²) in [6.07, 6.45) is 4.80. The van der Waals surface area contributed by atoms with E-state index in [-0.39, 0.29) is 29.6 Å². The van der Waals surface area contributed by atoms with Crippen molar-refractivity contribution in [3.8, 4) is 5.75 Å². The largest absolute Gasteiger partial charge is 0.494 e. The minimum absolute atomic E-state index is 0.0687. The van der Waals surface area contributed by atoms with Gasteiger partial charge in [-0.05, 0) is 71.7 Å². The third-order valence-corrected chi connectivity index (χ3v) is 10.4. The molecule has 6 atom stereocenters. The van der Waals surface area contributed by atoms with Gasteiger partial charge in [-0.3, -0.25) is 14.4 Å². The zero-order valence-corrected chi connectivity index (χ0v) is 25.2. The van der Waals surface area contributed by atoms with Crippen LogP contribution in [0.5, 0.6) is 5.75 Å². The smallest absolute Gasteiger partial charge is 0.247 e. The van der Waals surface area contributed by atoms with Crippen LogP contribution in [0.2, 0.25) is 0 Å². The number of nitrogens with zero attached hydrogens (tertiary/aromatic N) is 3. The molecule has 2 bridgehead atoms. The van der Waals surface area contributed by atoms with E-state index in [1.807, 2.05) is 52.0 Å². The maximum absolute atomic E-state index is 14.4. The Morgan fingerprint density at radius 3 is 2.40 bits per heavy atom. The summed E-state index contributed by atoms with van der Waals surface area (Å²) in [4.78, 5) is 48.0. The molecule has 3 amide bonds. The van der Waals surface area contributed by atoms with Crippen molar-refractivity contribution in [2.75, 3.05) is 31.2 Å². The van der Waals surface area contributed by atoms with Crippen LogP contribution in [-0.4, -0.2) is 86.6 Å². The molecular weight excluding hydrogens is 526 g/mol. The molecule has 3 saturated heterocycles. The Balaban J connectivity index is 1.75. The maximum atomic E-state index is 14.4. The fourth-order valence-corrected chi connectivity index (χ4v) is 8.90. The Morgan fingerprint density at radius 2 is 1.85 bits per heavy atom. The molecule has 0 radical (unpaired) electrons. The van der Waals surface area contributed by atoms with Crippen molar-refractivity contribution in [1.29, 1.82) is 0 Å². The monoisotopic (exact) mass is 569 g/mol. The van der Waals surface area contributed by atoms with E-state index in [4.69, 9.17) is 4.74 Å².